The molecule has 0 bridgehead atoms. The highest BCUT2D eigenvalue weighted by Gasteiger charge is 2.39. The van der Waals surface area contributed by atoms with E-state index in [4.69, 9.17) is 0 Å². The van der Waals surface area contributed by atoms with Crippen molar-refractivity contribution in [3.63, 3.8) is 0 Å². The smallest absolute Gasteiger partial charge is 0.191 e. The Bertz CT molecular complexity index is 958. The van der Waals surface area contributed by atoms with Gasteiger partial charge in [-0.25, -0.2) is 23.7 Å². The second-order valence-corrected chi connectivity index (χ2v) is 7.56. The molecular weight excluding hydrogens is 356 g/mol. The van der Waals surface area contributed by atoms with Gasteiger partial charge in [0.1, 0.15) is 0 Å². The summed E-state index contributed by atoms with van der Waals surface area (Å²) in [5.74, 6) is 0.168. The van der Waals surface area contributed by atoms with E-state index in [0.717, 1.165) is 40.5 Å². The number of imidazole rings is 1. The molecule has 8 heteroatoms. The maximum atomic E-state index is 13.5. The van der Waals surface area contributed by atoms with E-state index >= 15 is 0 Å². The molecule has 1 aliphatic carbocycles. The van der Waals surface area contributed by atoms with Crippen LogP contribution in [0.5, 0.6) is 0 Å². The molecule has 0 spiro atoms. The Kier molecular flexibility index (Phi) is 4.52. The zero-order valence-corrected chi connectivity index (χ0v) is 15.4. The number of nitrogens with zero attached hydrogens (tertiary/aromatic N) is 4. The van der Waals surface area contributed by atoms with Gasteiger partial charge in [0.2, 0.25) is 0 Å². The minimum Gasteiger partial charge on any atom is -0.365 e. The van der Waals surface area contributed by atoms with E-state index in [-0.39, 0.29) is 12.0 Å². The molecule has 0 amide bonds. The maximum Gasteiger partial charge on any atom is 0.191 e. The van der Waals surface area contributed by atoms with Crippen LogP contribution in [0.15, 0.2) is 29.7 Å². The van der Waals surface area contributed by atoms with Crippen LogP contribution in [-0.4, -0.2) is 31.3 Å². The van der Waals surface area contributed by atoms with Crippen molar-refractivity contribution >= 4 is 28.7 Å². The largest absolute Gasteiger partial charge is 0.365 e. The summed E-state index contributed by atoms with van der Waals surface area (Å²) in [5, 5.41) is 4.13. The number of aromatic nitrogens is 4. The summed E-state index contributed by atoms with van der Waals surface area (Å²) >= 11 is 1.62. The van der Waals surface area contributed by atoms with Crippen molar-refractivity contribution in [1.82, 2.24) is 19.5 Å². The first-order valence-corrected chi connectivity index (χ1v) is 9.58. The first kappa shape index (κ1) is 17.2. The fourth-order valence-electron chi connectivity index (χ4n) is 2.99. The zero-order chi connectivity index (χ0) is 18.3. The lowest BCUT2D eigenvalue weighted by atomic mass is 10.1. The summed E-state index contributed by atoms with van der Waals surface area (Å²) in [5.41, 5.74) is 2.31. The zero-order valence-electron chi connectivity index (χ0n) is 14.5. The van der Waals surface area contributed by atoms with Gasteiger partial charge in [0.05, 0.1) is 6.33 Å². The van der Waals surface area contributed by atoms with E-state index in [1.165, 1.54) is 12.1 Å². The molecule has 1 fully saturated rings. The minimum atomic E-state index is -0.817. The fourth-order valence-corrected chi connectivity index (χ4v) is 3.68. The Morgan fingerprint density at radius 3 is 2.88 bits per heavy atom. The molecule has 0 saturated heterocycles. The molecule has 0 aliphatic heterocycles. The van der Waals surface area contributed by atoms with Crippen molar-refractivity contribution < 1.29 is 8.78 Å². The monoisotopic (exact) mass is 375 g/mol. The standard InChI is InChI=1S/C18H19F2N5S/c1-3-6-26-18-23-16(15-17(24-18)25(2)9-21-15)22-14-8-11(14)10-4-5-12(19)13(20)7-10/h4-5,7,9,11,14H,3,6,8H2,1-2H3,(H,22,23,24). The van der Waals surface area contributed by atoms with Crippen molar-refractivity contribution in [3.05, 3.63) is 41.7 Å². The minimum absolute atomic E-state index is 0.129. The number of aryl methyl sites for hydroxylation is 1. The van der Waals surface area contributed by atoms with Crippen LogP contribution in [0.25, 0.3) is 11.2 Å². The molecule has 26 heavy (non-hydrogen) atoms. The van der Waals surface area contributed by atoms with E-state index in [2.05, 4.69) is 27.2 Å². The van der Waals surface area contributed by atoms with E-state index in [1.54, 1.807) is 24.2 Å². The second-order valence-electron chi connectivity index (χ2n) is 6.50. The van der Waals surface area contributed by atoms with E-state index in [9.17, 15) is 8.78 Å². The van der Waals surface area contributed by atoms with Crippen LogP contribution in [-0.2, 0) is 7.05 Å². The molecule has 3 aromatic rings. The van der Waals surface area contributed by atoms with Crippen LogP contribution in [0.1, 0.15) is 31.2 Å². The van der Waals surface area contributed by atoms with E-state index in [1.807, 2.05) is 11.6 Å². The molecule has 136 valence electrons. The van der Waals surface area contributed by atoms with Gasteiger partial charge < -0.3 is 9.88 Å². The molecule has 2 aromatic heterocycles. The molecule has 2 atom stereocenters. The number of benzene rings is 1. The number of fused-ring (bicyclic) bond motifs is 1. The molecule has 1 saturated carbocycles. The highest BCUT2D eigenvalue weighted by molar-refractivity contribution is 7.99. The highest BCUT2D eigenvalue weighted by Crippen LogP contribution is 2.43. The van der Waals surface area contributed by atoms with Crippen molar-refractivity contribution in [2.75, 3.05) is 11.1 Å². The molecule has 4 rings (SSSR count). The molecule has 5 nitrogen and oxygen atoms in total. The third-order valence-electron chi connectivity index (χ3n) is 4.46. The summed E-state index contributed by atoms with van der Waals surface area (Å²) in [7, 11) is 1.90. The summed E-state index contributed by atoms with van der Waals surface area (Å²) in [6, 6.07) is 4.23. The van der Waals surface area contributed by atoms with E-state index < -0.39 is 11.6 Å². The average Bonchev–Trinajstić information content (AvgIpc) is 3.29. The third kappa shape index (κ3) is 3.25. The van der Waals surface area contributed by atoms with Crippen LogP contribution in [0.4, 0.5) is 14.6 Å². The number of hydrogen-bond acceptors (Lipinski definition) is 5. The molecule has 0 radical (unpaired) electrons. The first-order valence-electron chi connectivity index (χ1n) is 8.60. The van der Waals surface area contributed by atoms with E-state index in [0.29, 0.717) is 5.82 Å². The second kappa shape index (κ2) is 6.83. The average molecular weight is 375 g/mol. The summed E-state index contributed by atoms with van der Waals surface area (Å²) in [4.78, 5) is 13.6. The molecule has 1 aliphatic rings. The number of halogens is 2. The van der Waals surface area contributed by atoms with Crippen LogP contribution in [0.2, 0.25) is 0 Å². The van der Waals surface area contributed by atoms with Crippen molar-refractivity contribution in [2.45, 2.75) is 36.9 Å². The Morgan fingerprint density at radius 2 is 2.12 bits per heavy atom. The lowest BCUT2D eigenvalue weighted by Gasteiger charge is -2.08. The number of anilines is 1. The lowest BCUT2D eigenvalue weighted by Crippen LogP contribution is -2.08. The molecule has 1 N–H and O–H groups in total. The first-order chi connectivity index (χ1) is 12.6. The Labute approximate surface area is 154 Å². The van der Waals surface area contributed by atoms with Crippen LogP contribution < -0.4 is 5.32 Å². The Morgan fingerprint density at radius 1 is 1.27 bits per heavy atom. The van der Waals surface area contributed by atoms with Crippen LogP contribution in [0, 0.1) is 11.6 Å². The molecule has 2 unspecified atom stereocenters. The van der Waals surface area contributed by atoms with Crippen molar-refractivity contribution in [1.29, 1.82) is 0 Å². The van der Waals surface area contributed by atoms with Crippen molar-refractivity contribution in [2.24, 2.45) is 7.05 Å². The maximum absolute atomic E-state index is 13.5. The number of rotatable bonds is 6. The molecular formula is C18H19F2N5S. The van der Waals surface area contributed by atoms with Crippen LogP contribution >= 0.6 is 11.8 Å². The molecule has 2 heterocycles. The number of nitrogens with one attached hydrogen (secondary N) is 1. The van der Waals surface area contributed by atoms with Crippen LogP contribution in [0.3, 0.4) is 0 Å². The predicted molar refractivity (Wildman–Crippen MR) is 98.4 cm³/mol. The van der Waals surface area contributed by atoms with Gasteiger partial charge in [-0.1, -0.05) is 24.8 Å². The van der Waals surface area contributed by atoms with Gasteiger partial charge in [0.25, 0.3) is 0 Å². The van der Waals surface area contributed by atoms with Gasteiger partial charge in [-0.15, -0.1) is 0 Å². The molecule has 1 aromatic carbocycles. The number of hydrogen-bond donors (Lipinski definition) is 1. The quantitative estimate of drug-likeness (QED) is 0.519. The highest BCUT2D eigenvalue weighted by atomic mass is 32.2. The fraction of sp³-hybridized carbons (Fsp3) is 0.389. The van der Waals surface area contributed by atoms with Gasteiger partial charge in [0.15, 0.2) is 33.8 Å². The topological polar surface area (TPSA) is 55.6 Å². The van der Waals surface area contributed by atoms with Gasteiger partial charge in [-0.05, 0) is 30.5 Å². The predicted octanol–water partition coefficient (Wildman–Crippen LogP) is 4.11. The third-order valence-corrected chi connectivity index (χ3v) is 5.51. The summed E-state index contributed by atoms with van der Waals surface area (Å²) < 4.78 is 28.5. The van der Waals surface area contributed by atoms with Gasteiger partial charge in [0, 0.05) is 24.8 Å². The summed E-state index contributed by atoms with van der Waals surface area (Å²) in [6.45, 7) is 2.12. The summed E-state index contributed by atoms with van der Waals surface area (Å²) in [6.07, 6.45) is 3.61. The van der Waals surface area contributed by atoms with Gasteiger partial charge in [-0.3, -0.25) is 0 Å². The Hall–Kier alpha value is -2.22. The Balaban J connectivity index is 1.58. The van der Waals surface area contributed by atoms with Gasteiger partial charge >= 0.3 is 0 Å². The lowest BCUT2D eigenvalue weighted by molar-refractivity contribution is 0.507. The number of thioether (sulfide) groups is 1. The SMILES string of the molecule is CCCSc1nc(NC2CC2c2ccc(F)c(F)c2)c2ncn(C)c2n1. The van der Waals surface area contributed by atoms with Crippen molar-refractivity contribution in [3.8, 4) is 0 Å². The normalized spacial score (nSPS) is 19.1. The van der Waals surface area contributed by atoms with Gasteiger partial charge in [-0.2, -0.15) is 0 Å².